The van der Waals surface area contributed by atoms with Crippen LogP contribution in [-0.4, -0.2) is 32.8 Å². The van der Waals surface area contributed by atoms with Gasteiger partial charge in [-0.3, -0.25) is 4.79 Å². The van der Waals surface area contributed by atoms with Crippen molar-refractivity contribution >= 4 is 17.2 Å². The molecule has 6 heteroatoms. The number of halogens is 1. The Labute approximate surface area is 179 Å². The van der Waals surface area contributed by atoms with Gasteiger partial charge in [-0.25, -0.2) is 4.39 Å². The van der Waals surface area contributed by atoms with Crippen LogP contribution in [0, 0.1) is 5.82 Å². The lowest BCUT2D eigenvalue weighted by molar-refractivity contribution is 0.0487. The standard InChI is InChI=1S/C24H24FNO3S/c1-28-18-8-6-17(7-9-18)24(12-14-29-15-13-24)16-26-23(27)22-11-10-21(30-22)19-4-2-3-5-20(19)25/h2-11H,12-16H2,1H3,(H,26,27). The molecule has 0 bridgehead atoms. The highest BCUT2D eigenvalue weighted by Gasteiger charge is 2.35. The van der Waals surface area contributed by atoms with E-state index in [-0.39, 0.29) is 17.1 Å². The molecule has 1 saturated heterocycles. The van der Waals surface area contributed by atoms with Crippen LogP contribution in [0.4, 0.5) is 4.39 Å². The molecule has 1 fully saturated rings. The summed E-state index contributed by atoms with van der Waals surface area (Å²) in [7, 11) is 1.65. The highest BCUT2D eigenvalue weighted by molar-refractivity contribution is 7.17. The number of methoxy groups -OCH3 is 1. The molecule has 0 unspecified atom stereocenters. The molecule has 4 nitrogen and oxygen atoms in total. The SMILES string of the molecule is COc1ccc(C2(CNC(=O)c3ccc(-c4ccccc4F)s3)CCOCC2)cc1. The van der Waals surface area contributed by atoms with E-state index in [0.29, 0.717) is 30.2 Å². The Balaban J connectivity index is 1.50. The first-order valence-corrected chi connectivity index (χ1v) is 10.8. The minimum Gasteiger partial charge on any atom is -0.497 e. The normalized spacial score (nSPS) is 15.5. The van der Waals surface area contributed by atoms with Crippen LogP contribution in [-0.2, 0) is 10.2 Å². The number of carbonyl (C=O) groups excluding carboxylic acids is 1. The number of amides is 1. The Kier molecular flexibility index (Phi) is 6.16. The second-order valence-electron chi connectivity index (χ2n) is 7.45. The number of hydrogen-bond acceptors (Lipinski definition) is 4. The topological polar surface area (TPSA) is 47.6 Å². The van der Waals surface area contributed by atoms with Crippen molar-refractivity contribution < 1.29 is 18.7 Å². The summed E-state index contributed by atoms with van der Waals surface area (Å²) in [5, 5.41) is 3.11. The van der Waals surface area contributed by atoms with E-state index >= 15 is 0 Å². The van der Waals surface area contributed by atoms with Crippen LogP contribution >= 0.6 is 11.3 Å². The number of ether oxygens (including phenoxy) is 2. The Morgan fingerprint density at radius 1 is 1.10 bits per heavy atom. The second kappa shape index (κ2) is 8.98. The molecule has 3 aromatic rings. The molecule has 1 aliphatic rings. The zero-order valence-corrected chi connectivity index (χ0v) is 17.6. The van der Waals surface area contributed by atoms with Gasteiger partial charge in [0.2, 0.25) is 0 Å². The van der Waals surface area contributed by atoms with Gasteiger partial charge in [0.1, 0.15) is 11.6 Å². The van der Waals surface area contributed by atoms with Gasteiger partial charge < -0.3 is 14.8 Å². The van der Waals surface area contributed by atoms with Crippen LogP contribution in [0.2, 0.25) is 0 Å². The van der Waals surface area contributed by atoms with E-state index in [9.17, 15) is 9.18 Å². The van der Waals surface area contributed by atoms with Crippen molar-refractivity contribution in [2.45, 2.75) is 18.3 Å². The summed E-state index contributed by atoms with van der Waals surface area (Å²) in [4.78, 5) is 14.2. The lowest BCUT2D eigenvalue weighted by Crippen LogP contribution is -2.44. The summed E-state index contributed by atoms with van der Waals surface area (Å²) in [5.74, 6) is 0.387. The van der Waals surface area contributed by atoms with E-state index < -0.39 is 0 Å². The quantitative estimate of drug-likeness (QED) is 0.602. The number of hydrogen-bond donors (Lipinski definition) is 1. The van der Waals surface area contributed by atoms with Crippen LogP contribution in [0.1, 0.15) is 28.1 Å². The minimum absolute atomic E-state index is 0.137. The van der Waals surface area contributed by atoms with Gasteiger partial charge in [0.05, 0.1) is 12.0 Å². The summed E-state index contributed by atoms with van der Waals surface area (Å²) < 4.78 is 24.9. The van der Waals surface area contributed by atoms with Crippen molar-refractivity contribution in [2.24, 2.45) is 0 Å². The van der Waals surface area contributed by atoms with Crippen LogP contribution < -0.4 is 10.1 Å². The molecule has 0 aliphatic carbocycles. The fraction of sp³-hybridized carbons (Fsp3) is 0.292. The molecule has 4 rings (SSSR count). The largest absolute Gasteiger partial charge is 0.497 e. The van der Waals surface area contributed by atoms with Crippen LogP contribution in [0.25, 0.3) is 10.4 Å². The van der Waals surface area contributed by atoms with Crippen molar-refractivity contribution in [2.75, 3.05) is 26.9 Å². The molecular weight excluding hydrogens is 401 g/mol. The molecule has 0 radical (unpaired) electrons. The first-order valence-electron chi connectivity index (χ1n) is 9.96. The highest BCUT2D eigenvalue weighted by Crippen LogP contribution is 2.36. The number of benzene rings is 2. The fourth-order valence-corrected chi connectivity index (χ4v) is 4.83. The zero-order valence-electron chi connectivity index (χ0n) is 16.8. The summed E-state index contributed by atoms with van der Waals surface area (Å²) >= 11 is 1.30. The van der Waals surface area contributed by atoms with Crippen molar-refractivity contribution in [3.8, 4) is 16.2 Å². The van der Waals surface area contributed by atoms with Gasteiger partial charge in [-0.2, -0.15) is 0 Å². The zero-order chi connectivity index (χ0) is 21.0. The van der Waals surface area contributed by atoms with Crippen molar-refractivity contribution in [1.29, 1.82) is 0 Å². The highest BCUT2D eigenvalue weighted by atomic mass is 32.1. The molecule has 0 saturated carbocycles. The van der Waals surface area contributed by atoms with Gasteiger partial charge in [0.15, 0.2) is 0 Å². The number of carbonyl (C=O) groups is 1. The Bertz CT molecular complexity index is 1010. The van der Waals surface area contributed by atoms with E-state index in [4.69, 9.17) is 9.47 Å². The van der Waals surface area contributed by atoms with E-state index in [1.54, 1.807) is 37.4 Å². The average Bonchev–Trinajstić information content (AvgIpc) is 3.29. The van der Waals surface area contributed by atoms with Crippen molar-refractivity contribution in [3.05, 3.63) is 76.9 Å². The van der Waals surface area contributed by atoms with E-state index in [2.05, 4.69) is 17.4 Å². The maximum absolute atomic E-state index is 14.1. The lowest BCUT2D eigenvalue weighted by atomic mass is 9.74. The third kappa shape index (κ3) is 4.25. The van der Waals surface area contributed by atoms with E-state index in [0.717, 1.165) is 23.5 Å². The summed E-state index contributed by atoms with van der Waals surface area (Å²) in [6.07, 6.45) is 1.68. The average molecular weight is 426 g/mol. The van der Waals surface area contributed by atoms with Gasteiger partial charge in [-0.05, 0) is 48.7 Å². The molecule has 2 heterocycles. The number of thiophene rings is 1. The maximum Gasteiger partial charge on any atom is 0.261 e. The van der Waals surface area contributed by atoms with Crippen LogP contribution in [0.5, 0.6) is 5.75 Å². The monoisotopic (exact) mass is 425 g/mol. The van der Waals surface area contributed by atoms with Crippen molar-refractivity contribution in [1.82, 2.24) is 5.32 Å². The molecular formula is C24H24FNO3S. The van der Waals surface area contributed by atoms with Gasteiger partial charge in [0.25, 0.3) is 5.91 Å². The van der Waals surface area contributed by atoms with Gasteiger partial charge in [-0.1, -0.05) is 30.3 Å². The molecule has 156 valence electrons. The minimum atomic E-state index is -0.285. The molecule has 1 aliphatic heterocycles. The molecule has 1 aromatic heterocycles. The lowest BCUT2D eigenvalue weighted by Gasteiger charge is -2.38. The summed E-state index contributed by atoms with van der Waals surface area (Å²) in [6.45, 7) is 1.85. The predicted octanol–water partition coefficient (Wildman–Crippen LogP) is 5.04. The molecule has 2 aromatic carbocycles. The molecule has 30 heavy (non-hydrogen) atoms. The Morgan fingerprint density at radius 2 is 1.83 bits per heavy atom. The van der Waals surface area contributed by atoms with Gasteiger partial charge in [0, 0.05) is 35.6 Å². The first-order chi connectivity index (χ1) is 14.6. The molecule has 1 amide bonds. The molecule has 0 atom stereocenters. The van der Waals surface area contributed by atoms with E-state index in [1.807, 2.05) is 12.1 Å². The fourth-order valence-electron chi connectivity index (χ4n) is 3.88. The van der Waals surface area contributed by atoms with Crippen molar-refractivity contribution in [3.63, 3.8) is 0 Å². The predicted molar refractivity (Wildman–Crippen MR) is 117 cm³/mol. The first kappa shape index (κ1) is 20.6. The summed E-state index contributed by atoms with van der Waals surface area (Å²) in [5.41, 5.74) is 1.51. The maximum atomic E-state index is 14.1. The number of nitrogens with one attached hydrogen (secondary N) is 1. The van der Waals surface area contributed by atoms with Gasteiger partial charge >= 0.3 is 0 Å². The molecule has 1 N–H and O–H groups in total. The van der Waals surface area contributed by atoms with E-state index in [1.165, 1.54) is 23.0 Å². The second-order valence-corrected chi connectivity index (χ2v) is 8.53. The smallest absolute Gasteiger partial charge is 0.261 e. The third-order valence-corrected chi connectivity index (χ3v) is 6.83. The Morgan fingerprint density at radius 3 is 2.53 bits per heavy atom. The van der Waals surface area contributed by atoms with Crippen LogP contribution in [0.15, 0.2) is 60.7 Å². The summed E-state index contributed by atoms with van der Waals surface area (Å²) in [6, 6.07) is 18.2. The Hall–Kier alpha value is -2.70. The number of rotatable bonds is 6. The van der Waals surface area contributed by atoms with Crippen LogP contribution in [0.3, 0.4) is 0 Å². The third-order valence-electron chi connectivity index (χ3n) is 5.71. The van der Waals surface area contributed by atoms with Gasteiger partial charge in [-0.15, -0.1) is 11.3 Å². The molecule has 0 spiro atoms.